The van der Waals surface area contributed by atoms with Crippen molar-refractivity contribution in [3.8, 4) is 0 Å². The molecule has 1 aromatic carbocycles. The number of nitro benzene ring substituents is 1. The van der Waals surface area contributed by atoms with Crippen molar-refractivity contribution in [2.45, 2.75) is 29.7 Å². The molecule has 1 saturated carbocycles. The first kappa shape index (κ1) is 16.8. The molecule has 4 unspecified atom stereocenters. The largest absolute Gasteiger partial charge is 0.381 e. The van der Waals surface area contributed by atoms with Crippen LogP contribution >= 0.6 is 0 Å². The molecule has 2 aliphatic rings. The van der Waals surface area contributed by atoms with E-state index in [9.17, 15) is 18.7 Å². The molecule has 2 N–H and O–H groups in total. The first-order chi connectivity index (χ1) is 11.3. The maximum absolute atomic E-state index is 14.5. The fourth-order valence-electron chi connectivity index (χ4n) is 3.40. The van der Waals surface area contributed by atoms with Crippen LogP contribution in [0.5, 0.6) is 0 Å². The highest BCUT2D eigenvalue weighted by Crippen LogP contribution is 2.49. The fraction of sp³-hybridized carbons (Fsp3) is 0.500. The molecule has 10 heteroatoms. The molecule has 1 fully saturated rings. The van der Waals surface area contributed by atoms with Crippen LogP contribution in [0.2, 0.25) is 0 Å². The minimum absolute atomic E-state index is 0.00671. The molecular weight excluding hydrogens is 339 g/mol. The van der Waals surface area contributed by atoms with Crippen molar-refractivity contribution >= 4 is 22.6 Å². The number of hydrogen-bond acceptors (Lipinski definition) is 6. The number of nitro groups is 1. The van der Waals surface area contributed by atoms with Crippen LogP contribution in [0, 0.1) is 15.9 Å². The lowest BCUT2D eigenvalue weighted by molar-refractivity contribution is -0.385. The van der Waals surface area contributed by atoms with Gasteiger partial charge in [0.05, 0.1) is 16.3 Å². The fourth-order valence-corrected chi connectivity index (χ4v) is 5.00. The van der Waals surface area contributed by atoms with Crippen LogP contribution in [0.25, 0.3) is 0 Å². The third-order valence-corrected chi connectivity index (χ3v) is 6.46. The van der Waals surface area contributed by atoms with Gasteiger partial charge in [-0.15, -0.1) is 0 Å². The number of rotatable bonds is 3. The van der Waals surface area contributed by atoms with E-state index in [1.54, 1.807) is 7.05 Å². The summed E-state index contributed by atoms with van der Waals surface area (Å²) < 4.78 is 34.0. The van der Waals surface area contributed by atoms with Crippen molar-refractivity contribution in [3.05, 3.63) is 39.7 Å². The van der Waals surface area contributed by atoms with E-state index < -0.39 is 32.5 Å². The first-order valence-corrected chi connectivity index (χ1v) is 8.44. The quantitative estimate of drug-likeness (QED) is 0.642. The molecule has 0 bridgehead atoms. The van der Waals surface area contributed by atoms with Gasteiger partial charge in [0.1, 0.15) is 22.3 Å². The molecule has 0 aromatic heterocycles. The third-order valence-electron chi connectivity index (χ3n) is 4.66. The van der Waals surface area contributed by atoms with Crippen LogP contribution in [0.3, 0.4) is 0 Å². The zero-order valence-corrected chi connectivity index (χ0v) is 14.0. The van der Waals surface area contributed by atoms with E-state index in [-0.39, 0.29) is 29.7 Å². The van der Waals surface area contributed by atoms with Crippen LogP contribution in [-0.4, -0.2) is 44.9 Å². The maximum Gasteiger partial charge on any atom is 0.270 e. The highest BCUT2D eigenvalue weighted by Gasteiger charge is 2.56. The molecule has 0 amide bonds. The molecule has 1 aliphatic carbocycles. The summed E-state index contributed by atoms with van der Waals surface area (Å²) >= 11 is 0. The summed E-state index contributed by atoms with van der Waals surface area (Å²) in [6.45, 7) is 0. The summed E-state index contributed by atoms with van der Waals surface area (Å²) in [4.78, 5) is 14.9. The second-order valence-corrected chi connectivity index (χ2v) is 7.54. The molecule has 1 aromatic rings. The van der Waals surface area contributed by atoms with Gasteiger partial charge in [0.2, 0.25) is 5.96 Å². The number of guanidine groups is 1. The second kappa shape index (κ2) is 5.78. The lowest BCUT2D eigenvalue weighted by Crippen LogP contribution is -2.52. The molecule has 4 atom stereocenters. The van der Waals surface area contributed by atoms with E-state index >= 15 is 0 Å². The smallest absolute Gasteiger partial charge is 0.270 e. The molecule has 8 nitrogen and oxygen atoms in total. The van der Waals surface area contributed by atoms with E-state index in [1.807, 2.05) is 0 Å². The number of ether oxygens (including phenoxy) is 1. The molecule has 0 saturated heterocycles. The molecule has 1 heterocycles. The first-order valence-electron chi connectivity index (χ1n) is 7.27. The standard InChI is InChI=1S/C14H17FN4O4S/c1-18-13(16)17-14(7-9(23-2)6-12(14)24(18)22)10-5-8(19(20)21)3-4-11(10)15/h3-5,9,12H,6-7H2,1-2H3,(H2,16,17). The minimum atomic E-state index is -1.55. The van der Waals surface area contributed by atoms with Gasteiger partial charge < -0.3 is 10.5 Å². The Morgan fingerprint density at radius 3 is 2.92 bits per heavy atom. The van der Waals surface area contributed by atoms with Crippen molar-refractivity contribution in [1.82, 2.24) is 4.31 Å². The van der Waals surface area contributed by atoms with Gasteiger partial charge in [-0.25, -0.2) is 13.6 Å². The van der Waals surface area contributed by atoms with E-state index in [2.05, 4.69) is 4.99 Å². The Morgan fingerprint density at radius 1 is 1.58 bits per heavy atom. The van der Waals surface area contributed by atoms with Gasteiger partial charge in [-0.2, -0.15) is 0 Å². The number of hydrogen-bond donors (Lipinski definition) is 1. The Morgan fingerprint density at radius 2 is 2.29 bits per heavy atom. The predicted octanol–water partition coefficient (Wildman–Crippen LogP) is 1.03. The molecule has 0 radical (unpaired) electrons. The number of non-ortho nitro benzene ring substituents is 1. The number of nitrogens with two attached hydrogens (primary N) is 1. The van der Waals surface area contributed by atoms with Crippen LogP contribution < -0.4 is 5.73 Å². The van der Waals surface area contributed by atoms with Crippen LogP contribution in [0.1, 0.15) is 18.4 Å². The van der Waals surface area contributed by atoms with Gasteiger partial charge in [0, 0.05) is 38.3 Å². The normalized spacial score (nSPS) is 32.4. The predicted molar refractivity (Wildman–Crippen MR) is 86.1 cm³/mol. The van der Waals surface area contributed by atoms with Gasteiger partial charge in [0.25, 0.3) is 5.69 Å². The summed E-state index contributed by atoms with van der Waals surface area (Å²) in [6, 6.07) is 3.28. The van der Waals surface area contributed by atoms with Crippen molar-refractivity contribution in [3.63, 3.8) is 0 Å². The molecular formula is C14H17FN4O4S. The Bertz CT molecular complexity index is 758. The monoisotopic (exact) mass is 356 g/mol. The number of halogens is 1. The summed E-state index contributed by atoms with van der Waals surface area (Å²) in [7, 11) is 1.51. The molecule has 130 valence electrons. The molecule has 3 rings (SSSR count). The third kappa shape index (κ3) is 2.37. The summed E-state index contributed by atoms with van der Waals surface area (Å²) in [5.74, 6) is -0.632. The van der Waals surface area contributed by atoms with Crippen molar-refractivity contribution in [2.75, 3.05) is 14.2 Å². The highest BCUT2D eigenvalue weighted by atomic mass is 32.2. The summed E-state index contributed by atoms with van der Waals surface area (Å²) in [5, 5.41) is 10.5. The van der Waals surface area contributed by atoms with Crippen LogP contribution in [0.15, 0.2) is 23.2 Å². The second-order valence-electron chi connectivity index (χ2n) is 5.88. The molecule has 24 heavy (non-hydrogen) atoms. The molecule has 0 spiro atoms. The van der Waals surface area contributed by atoms with Crippen LogP contribution in [0.4, 0.5) is 10.1 Å². The lowest BCUT2D eigenvalue weighted by atomic mass is 9.87. The average Bonchev–Trinajstić information content (AvgIpc) is 2.92. The van der Waals surface area contributed by atoms with Crippen LogP contribution in [-0.2, 0) is 21.3 Å². The minimum Gasteiger partial charge on any atom is -0.381 e. The summed E-state index contributed by atoms with van der Waals surface area (Å²) in [5.41, 5.74) is 4.41. The number of fused-ring (bicyclic) bond motifs is 1. The Labute approximate surface area is 140 Å². The van der Waals surface area contributed by atoms with E-state index in [0.29, 0.717) is 6.42 Å². The number of methoxy groups -OCH3 is 1. The van der Waals surface area contributed by atoms with Gasteiger partial charge in [-0.1, -0.05) is 0 Å². The van der Waals surface area contributed by atoms with Crippen molar-refractivity contribution < 1.29 is 18.3 Å². The zero-order chi connectivity index (χ0) is 17.6. The van der Waals surface area contributed by atoms with E-state index in [0.717, 1.165) is 18.2 Å². The summed E-state index contributed by atoms with van der Waals surface area (Å²) in [6.07, 6.45) is 0.361. The topological polar surface area (TPSA) is 111 Å². The van der Waals surface area contributed by atoms with Gasteiger partial charge >= 0.3 is 0 Å². The van der Waals surface area contributed by atoms with Gasteiger partial charge in [0.15, 0.2) is 0 Å². The lowest BCUT2D eigenvalue weighted by Gasteiger charge is -2.38. The maximum atomic E-state index is 14.5. The Kier molecular flexibility index (Phi) is 4.04. The number of aliphatic imine (C=N–C) groups is 1. The number of nitrogens with zero attached hydrogens (tertiary/aromatic N) is 3. The SMILES string of the molecule is COC1CC2S(=O)N(C)C(N)=NC2(c2cc([N+](=O)[O-])ccc2F)C1. The van der Waals surface area contributed by atoms with Crippen molar-refractivity contribution in [1.29, 1.82) is 0 Å². The highest BCUT2D eigenvalue weighted by molar-refractivity contribution is 7.84. The molecule has 1 aliphatic heterocycles. The van der Waals surface area contributed by atoms with E-state index in [4.69, 9.17) is 10.5 Å². The number of benzene rings is 1. The van der Waals surface area contributed by atoms with E-state index in [1.165, 1.54) is 11.4 Å². The van der Waals surface area contributed by atoms with Gasteiger partial charge in [-0.05, 0) is 12.5 Å². The average molecular weight is 356 g/mol. The Balaban J connectivity index is 2.23. The van der Waals surface area contributed by atoms with Crippen molar-refractivity contribution in [2.24, 2.45) is 10.7 Å². The zero-order valence-electron chi connectivity index (χ0n) is 13.1. The Hall–Kier alpha value is -2.07. The van der Waals surface area contributed by atoms with Gasteiger partial charge in [-0.3, -0.25) is 14.4 Å².